The predicted octanol–water partition coefficient (Wildman–Crippen LogP) is 3.41. The first kappa shape index (κ1) is 16.4. The van der Waals surface area contributed by atoms with Crippen LogP contribution in [0.25, 0.3) is 0 Å². The summed E-state index contributed by atoms with van der Waals surface area (Å²) in [6.07, 6.45) is 1.45. The van der Waals surface area contributed by atoms with Crippen LogP contribution in [0.2, 0.25) is 0 Å². The maximum absolute atomic E-state index is 13.1. The summed E-state index contributed by atoms with van der Waals surface area (Å²) in [7, 11) is 0. The number of carbonyl (C=O) groups excluding carboxylic acids is 2. The maximum Gasteiger partial charge on any atom is 0.317 e. The van der Waals surface area contributed by atoms with Gasteiger partial charge in [0.25, 0.3) is 0 Å². The molecule has 1 aliphatic heterocycles. The molecule has 3 aliphatic rings. The molecule has 0 aromatic heterocycles. The zero-order valence-electron chi connectivity index (χ0n) is 15.0. The van der Waals surface area contributed by atoms with Gasteiger partial charge in [-0.1, -0.05) is 34.1 Å². The number of phenolic OH excluding ortho intramolecular Hbond substituents is 2. The molecular weight excluding hydrogens is 320 g/mol. The van der Waals surface area contributed by atoms with Gasteiger partial charge in [-0.25, -0.2) is 0 Å². The minimum atomic E-state index is -1.03. The van der Waals surface area contributed by atoms with E-state index >= 15 is 0 Å². The fourth-order valence-corrected chi connectivity index (χ4v) is 5.49. The van der Waals surface area contributed by atoms with Crippen LogP contribution < -0.4 is 0 Å². The molecule has 5 heteroatoms. The van der Waals surface area contributed by atoms with Crippen LogP contribution in [0.15, 0.2) is 6.07 Å². The first-order valence-electron chi connectivity index (χ1n) is 8.97. The van der Waals surface area contributed by atoms with Crippen molar-refractivity contribution in [2.75, 3.05) is 0 Å². The molecule has 4 rings (SSSR count). The van der Waals surface area contributed by atoms with E-state index in [9.17, 15) is 19.8 Å². The van der Waals surface area contributed by atoms with E-state index in [1.165, 1.54) is 0 Å². The Morgan fingerprint density at radius 1 is 1.16 bits per heavy atom. The molecule has 0 radical (unpaired) electrons. The van der Waals surface area contributed by atoms with Crippen molar-refractivity contribution in [2.24, 2.45) is 11.3 Å². The van der Waals surface area contributed by atoms with Crippen LogP contribution in [0.4, 0.5) is 0 Å². The van der Waals surface area contributed by atoms with E-state index in [4.69, 9.17) is 4.74 Å². The van der Waals surface area contributed by atoms with Crippen molar-refractivity contribution >= 4 is 11.8 Å². The van der Waals surface area contributed by atoms with Crippen LogP contribution in [0.5, 0.6) is 11.5 Å². The fourth-order valence-electron chi connectivity index (χ4n) is 5.49. The lowest BCUT2D eigenvalue weighted by atomic mass is 9.49. The first-order chi connectivity index (χ1) is 11.6. The van der Waals surface area contributed by atoms with Crippen LogP contribution in [0, 0.1) is 11.3 Å². The molecule has 0 spiro atoms. The van der Waals surface area contributed by atoms with E-state index in [2.05, 4.69) is 13.8 Å². The molecule has 3 atom stereocenters. The normalized spacial score (nSPS) is 32.4. The van der Waals surface area contributed by atoms with E-state index < -0.39 is 17.5 Å². The number of hydrogen-bond acceptors (Lipinski definition) is 5. The van der Waals surface area contributed by atoms with E-state index in [-0.39, 0.29) is 40.1 Å². The number of hydrogen-bond donors (Lipinski definition) is 2. The zero-order chi connectivity index (χ0) is 18.3. The number of fused-ring (bicyclic) bond motifs is 1. The van der Waals surface area contributed by atoms with Crippen LogP contribution in [-0.2, 0) is 14.9 Å². The molecule has 2 fully saturated rings. The summed E-state index contributed by atoms with van der Waals surface area (Å²) in [5.41, 5.74) is -0.158. The number of rotatable bonds is 1. The fraction of sp³-hybridized carbons (Fsp3) is 0.600. The summed E-state index contributed by atoms with van der Waals surface area (Å²) in [6, 6.07) is 1.64. The van der Waals surface area contributed by atoms with Crippen molar-refractivity contribution in [1.29, 1.82) is 0 Å². The minimum Gasteiger partial charge on any atom is -0.504 e. The molecule has 1 saturated carbocycles. The number of phenols is 2. The Labute approximate surface area is 147 Å². The number of benzene rings is 1. The number of aromatic hydroxyl groups is 2. The quantitative estimate of drug-likeness (QED) is 0.602. The van der Waals surface area contributed by atoms with Gasteiger partial charge < -0.3 is 14.9 Å². The Hall–Kier alpha value is -2.04. The molecule has 0 unspecified atom stereocenters. The minimum absolute atomic E-state index is 0.0590. The largest absolute Gasteiger partial charge is 0.504 e. The molecule has 1 saturated heterocycles. The number of ether oxygens (including phenoxy) is 1. The Kier molecular flexibility index (Phi) is 3.14. The second kappa shape index (κ2) is 4.77. The number of ketones is 1. The van der Waals surface area contributed by atoms with Gasteiger partial charge in [-0.3, -0.25) is 9.59 Å². The third kappa shape index (κ3) is 1.79. The third-order valence-corrected chi connectivity index (χ3v) is 6.56. The van der Waals surface area contributed by atoms with Gasteiger partial charge in [-0.05, 0) is 30.2 Å². The van der Waals surface area contributed by atoms with Gasteiger partial charge in [-0.15, -0.1) is 0 Å². The van der Waals surface area contributed by atoms with E-state index in [1.54, 1.807) is 6.07 Å². The highest BCUT2D eigenvalue weighted by Gasteiger charge is 2.70. The molecule has 1 aromatic rings. The Morgan fingerprint density at radius 3 is 2.48 bits per heavy atom. The summed E-state index contributed by atoms with van der Waals surface area (Å²) in [5, 5.41) is 21.3. The monoisotopic (exact) mass is 344 g/mol. The summed E-state index contributed by atoms with van der Waals surface area (Å²) in [5.74, 6) is -1.61. The Morgan fingerprint density at radius 2 is 1.84 bits per heavy atom. The van der Waals surface area contributed by atoms with Crippen molar-refractivity contribution < 1.29 is 24.5 Å². The lowest BCUT2D eigenvalue weighted by molar-refractivity contribution is -0.144. The molecule has 2 aliphatic carbocycles. The number of Topliss-reactive ketones (excluding diaryl/α,β-unsaturated/α-hetero) is 1. The standard InChI is InChI=1S/C20H24O5/c1-9(2)10-8-11-12(15(23)13(10)21)20-7-5-6-19(3,4)17(20)16(14(11)22)25-18(20)24/h8-9,16-17,21,23H,5-7H2,1-4H3/t16-,17+,20+/m0/s1. The lowest BCUT2D eigenvalue weighted by Gasteiger charge is -2.49. The molecule has 2 bridgehead atoms. The van der Waals surface area contributed by atoms with Gasteiger partial charge in [0, 0.05) is 22.6 Å². The third-order valence-electron chi connectivity index (χ3n) is 6.56. The first-order valence-corrected chi connectivity index (χ1v) is 8.97. The summed E-state index contributed by atoms with van der Waals surface area (Å²) in [4.78, 5) is 26.1. The molecule has 134 valence electrons. The molecule has 5 nitrogen and oxygen atoms in total. The molecular formula is C20H24O5. The van der Waals surface area contributed by atoms with Crippen molar-refractivity contribution in [3.8, 4) is 11.5 Å². The second-order valence-corrected chi connectivity index (χ2v) is 8.72. The SMILES string of the molecule is CC(C)c1cc2c(c(O)c1O)[C@]13CCCC(C)(C)[C@H]1[C@@H](OC3=O)C2=O. The molecule has 2 N–H and O–H groups in total. The van der Waals surface area contributed by atoms with E-state index in [0.717, 1.165) is 12.8 Å². The summed E-state index contributed by atoms with van der Waals surface area (Å²) in [6.45, 7) is 7.88. The van der Waals surface area contributed by atoms with Crippen LogP contribution in [0.1, 0.15) is 74.4 Å². The Bertz CT molecular complexity index is 807. The molecule has 1 aromatic carbocycles. The van der Waals surface area contributed by atoms with Gasteiger partial charge in [0.15, 0.2) is 17.6 Å². The van der Waals surface area contributed by atoms with Crippen molar-refractivity contribution in [2.45, 2.75) is 64.4 Å². The van der Waals surface area contributed by atoms with Gasteiger partial charge in [0.2, 0.25) is 5.78 Å². The molecule has 1 heterocycles. The van der Waals surface area contributed by atoms with Crippen molar-refractivity contribution in [1.82, 2.24) is 0 Å². The lowest BCUT2D eigenvalue weighted by Crippen LogP contribution is -2.54. The predicted molar refractivity (Wildman–Crippen MR) is 90.9 cm³/mol. The highest BCUT2D eigenvalue weighted by molar-refractivity contribution is 6.10. The Balaban J connectivity index is 2.08. The van der Waals surface area contributed by atoms with Gasteiger partial charge >= 0.3 is 5.97 Å². The van der Waals surface area contributed by atoms with E-state index in [0.29, 0.717) is 17.5 Å². The second-order valence-electron chi connectivity index (χ2n) is 8.72. The van der Waals surface area contributed by atoms with E-state index in [1.807, 2.05) is 13.8 Å². The average Bonchev–Trinajstić information content (AvgIpc) is 2.79. The van der Waals surface area contributed by atoms with Gasteiger partial charge in [-0.2, -0.15) is 0 Å². The van der Waals surface area contributed by atoms with Crippen LogP contribution in [0.3, 0.4) is 0 Å². The highest BCUT2D eigenvalue weighted by atomic mass is 16.6. The van der Waals surface area contributed by atoms with Crippen LogP contribution >= 0.6 is 0 Å². The summed E-state index contributed by atoms with van der Waals surface area (Å²) < 4.78 is 5.57. The molecule has 25 heavy (non-hydrogen) atoms. The average molecular weight is 344 g/mol. The number of esters is 1. The molecule has 0 amide bonds. The van der Waals surface area contributed by atoms with Crippen molar-refractivity contribution in [3.63, 3.8) is 0 Å². The maximum atomic E-state index is 13.1. The smallest absolute Gasteiger partial charge is 0.317 e. The van der Waals surface area contributed by atoms with Gasteiger partial charge in [0.05, 0.1) is 0 Å². The topological polar surface area (TPSA) is 83.8 Å². The highest BCUT2D eigenvalue weighted by Crippen LogP contribution is 2.64. The van der Waals surface area contributed by atoms with Gasteiger partial charge in [0.1, 0.15) is 5.41 Å². The summed E-state index contributed by atoms with van der Waals surface area (Å²) >= 11 is 0. The van der Waals surface area contributed by atoms with Crippen LogP contribution in [-0.4, -0.2) is 28.1 Å². The van der Waals surface area contributed by atoms with Crippen molar-refractivity contribution in [3.05, 3.63) is 22.8 Å². The number of carbonyl (C=O) groups is 2. The zero-order valence-corrected chi connectivity index (χ0v) is 15.0.